The zero-order chi connectivity index (χ0) is 23.8. The monoisotopic (exact) mass is 464 g/mol. The van der Waals surface area contributed by atoms with E-state index in [1.807, 2.05) is 13.8 Å². The van der Waals surface area contributed by atoms with Crippen LogP contribution in [0.1, 0.15) is 29.8 Å². The number of rotatable bonds is 5. The quantitative estimate of drug-likeness (QED) is 0.574. The van der Waals surface area contributed by atoms with Crippen LogP contribution >= 0.6 is 0 Å². The van der Waals surface area contributed by atoms with Crippen LogP contribution in [0, 0.1) is 0 Å². The molecule has 0 bridgehead atoms. The Morgan fingerprint density at radius 2 is 1.59 bits per heavy atom. The highest BCUT2D eigenvalue weighted by molar-refractivity contribution is 7.92. The first-order chi connectivity index (χ1) is 14.8. The normalized spacial score (nSPS) is 12.2. The predicted octanol–water partition coefficient (Wildman–Crippen LogP) is 5.06. The first-order valence-corrected chi connectivity index (χ1v) is 11.6. The Bertz CT molecular complexity index is 1270. The number of carbonyl (C=O) groups excluding carboxylic acids is 1. The average Bonchev–Trinajstić information content (AvgIpc) is 2.70. The van der Waals surface area contributed by atoms with Crippen LogP contribution in [0.15, 0.2) is 54.6 Å². The predicted molar refractivity (Wildman–Crippen MR) is 120 cm³/mol. The number of halogens is 3. The number of hydrogen-bond donors (Lipinski definition) is 1. The molecule has 0 radical (unpaired) electrons. The van der Waals surface area contributed by atoms with E-state index in [1.165, 1.54) is 19.2 Å². The Hall–Kier alpha value is -3.07. The number of hydrogen-bond acceptors (Lipinski definition) is 3. The van der Waals surface area contributed by atoms with E-state index in [9.17, 15) is 26.4 Å². The van der Waals surface area contributed by atoms with E-state index >= 15 is 0 Å². The molecule has 0 aliphatic heterocycles. The van der Waals surface area contributed by atoms with Crippen molar-refractivity contribution in [1.82, 2.24) is 5.32 Å². The zero-order valence-corrected chi connectivity index (χ0v) is 18.8. The molecule has 5 nitrogen and oxygen atoms in total. The lowest BCUT2D eigenvalue weighted by molar-refractivity contribution is -0.137. The highest BCUT2D eigenvalue weighted by Gasteiger charge is 2.30. The minimum absolute atomic E-state index is 0.0881. The molecule has 3 aromatic carbocycles. The second-order valence-corrected chi connectivity index (χ2v) is 9.84. The molecule has 0 aliphatic rings. The van der Waals surface area contributed by atoms with Gasteiger partial charge in [-0.15, -0.1) is 0 Å². The van der Waals surface area contributed by atoms with Gasteiger partial charge >= 0.3 is 6.18 Å². The maximum absolute atomic E-state index is 12.9. The van der Waals surface area contributed by atoms with Gasteiger partial charge in [0, 0.05) is 24.0 Å². The van der Waals surface area contributed by atoms with Crippen LogP contribution in [0.4, 0.5) is 18.9 Å². The van der Waals surface area contributed by atoms with E-state index in [0.717, 1.165) is 22.7 Å². The first kappa shape index (κ1) is 23.6. The van der Waals surface area contributed by atoms with Crippen molar-refractivity contribution in [3.05, 3.63) is 65.7 Å². The third kappa shape index (κ3) is 4.88. The van der Waals surface area contributed by atoms with Crippen LogP contribution < -0.4 is 9.62 Å². The van der Waals surface area contributed by atoms with Gasteiger partial charge in [0.2, 0.25) is 10.0 Å². The van der Waals surface area contributed by atoms with Gasteiger partial charge in [-0.25, -0.2) is 8.42 Å². The molecule has 1 N–H and O–H groups in total. The summed E-state index contributed by atoms with van der Waals surface area (Å²) in [5.74, 6) is -0.310. The van der Waals surface area contributed by atoms with Crippen LogP contribution in [0.2, 0.25) is 0 Å². The number of nitrogens with zero attached hydrogens (tertiary/aromatic N) is 1. The van der Waals surface area contributed by atoms with Gasteiger partial charge in [-0.05, 0) is 60.7 Å². The van der Waals surface area contributed by atoms with Gasteiger partial charge in [0.1, 0.15) is 0 Å². The van der Waals surface area contributed by atoms with Gasteiger partial charge in [-0.3, -0.25) is 9.10 Å². The molecule has 0 spiro atoms. The second kappa shape index (κ2) is 8.46. The third-order valence-corrected chi connectivity index (χ3v) is 6.23. The second-order valence-electron chi connectivity index (χ2n) is 7.83. The van der Waals surface area contributed by atoms with Gasteiger partial charge in [0.15, 0.2) is 0 Å². The van der Waals surface area contributed by atoms with E-state index in [0.29, 0.717) is 33.2 Å². The lowest BCUT2D eigenvalue weighted by Gasteiger charge is -2.21. The summed E-state index contributed by atoms with van der Waals surface area (Å²) in [6, 6.07) is 12.8. The molecule has 170 valence electrons. The van der Waals surface area contributed by atoms with Crippen LogP contribution in [-0.2, 0) is 16.2 Å². The van der Waals surface area contributed by atoms with Gasteiger partial charge in [0.25, 0.3) is 5.91 Å². The Morgan fingerprint density at radius 1 is 0.969 bits per heavy atom. The van der Waals surface area contributed by atoms with Crippen LogP contribution in [0.3, 0.4) is 0 Å². The Morgan fingerprint density at radius 3 is 2.12 bits per heavy atom. The van der Waals surface area contributed by atoms with E-state index in [2.05, 4.69) is 5.32 Å². The summed E-state index contributed by atoms with van der Waals surface area (Å²) < 4.78 is 64.3. The summed E-state index contributed by atoms with van der Waals surface area (Å²) in [6.07, 6.45) is -3.38. The van der Waals surface area contributed by atoms with Crippen molar-refractivity contribution in [2.75, 3.05) is 17.6 Å². The number of benzene rings is 3. The number of amides is 1. The molecule has 0 fully saturated rings. The SMILES string of the molecule is CC(C)NC(=O)c1ccc2c(-c3ccc(C(F)(F)F)cc3)ccc(N(C)S(C)(=O)=O)c2c1. The number of anilines is 1. The lowest BCUT2D eigenvalue weighted by Crippen LogP contribution is -2.30. The van der Waals surface area contributed by atoms with Gasteiger partial charge in [0.05, 0.1) is 17.5 Å². The molecule has 0 heterocycles. The molecule has 9 heteroatoms. The molecule has 3 aromatic rings. The fourth-order valence-electron chi connectivity index (χ4n) is 3.36. The molecule has 0 unspecified atom stereocenters. The molecule has 0 aliphatic carbocycles. The zero-order valence-electron chi connectivity index (χ0n) is 18.0. The Kier molecular flexibility index (Phi) is 6.24. The molecule has 0 atom stereocenters. The highest BCUT2D eigenvalue weighted by Crippen LogP contribution is 2.37. The largest absolute Gasteiger partial charge is 0.416 e. The summed E-state index contributed by atoms with van der Waals surface area (Å²) in [5.41, 5.74) is 1.11. The molecule has 0 saturated carbocycles. The molecule has 32 heavy (non-hydrogen) atoms. The minimum Gasteiger partial charge on any atom is -0.350 e. The fourth-order valence-corrected chi connectivity index (χ4v) is 3.88. The van der Waals surface area contributed by atoms with Crippen LogP contribution in [-0.4, -0.2) is 33.7 Å². The van der Waals surface area contributed by atoms with Gasteiger partial charge < -0.3 is 5.32 Å². The Balaban J connectivity index is 2.23. The van der Waals surface area contributed by atoms with E-state index < -0.39 is 21.8 Å². The van der Waals surface area contributed by atoms with Crippen molar-refractivity contribution >= 4 is 32.4 Å². The molecular formula is C23H23F3N2O3S. The molecular weight excluding hydrogens is 441 g/mol. The number of nitrogens with one attached hydrogen (secondary N) is 1. The van der Waals surface area contributed by atoms with Gasteiger partial charge in [-0.1, -0.05) is 24.3 Å². The molecule has 1 amide bonds. The van der Waals surface area contributed by atoms with Crippen LogP contribution in [0.5, 0.6) is 0 Å². The van der Waals surface area contributed by atoms with Crippen molar-refractivity contribution in [3.8, 4) is 11.1 Å². The topological polar surface area (TPSA) is 66.5 Å². The number of sulfonamides is 1. The average molecular weight is 465 g/mol. The van der Waals surface area contributed by atoms with E-state index in [1.54, 1.807) is 30.3 Å². The van der Waals surface area contributed by atoms with Crippen molar-refractivity contribution in [2.45, 2.75) is 26.1 Å². The highest BCUT2D eigenvalue weighted by atomic mass is 32.2. The minimum atomic E-state index is -4.44. The maximum Gasteiger partial charge on any atom is 0.416 e. The Labute approximate surface area is 184 Å². The molecule has 0 saturated heterocycles. The summed E-state index contributed by atoms with van der Waals surface area (Å²) in [6.45, 7) is 3.65. The smallest absolute Gasteiger partial charge is 0.350 e. The van der Waals surface area contributed by atoms with Crippen molar-refractivity contribution < 1.29 is 26.4 Å². The summed E-state index contributed by atoms with van der Waals surface area (Å²) in [5, 5.41) is 3.89. The third-order valence-electron chi connectivity index (χ3n) is 5.04. The lowest BCUT2D eigenvalue weighted by atomic mass is 9.95. The number of alkyl halides is 3. The summed E-state index contributed by atoms with van der Waals surface area (Å²) >= 11 is 0. The maximum atomic E-state index is 12.9. The van der Waals surface area contributed by atoms with Crippen LogP contribution in [0.25, 0.3) is 21.9 Å². The first-order valence-electron chi connectivity index (χ1n) is 9.78. The van der Waals surface area contributed by atoms with Crippen molar-refractivity contribution in [3.63, 3.8) is 0 Å². The van der Waals surface area contributed by atoms with Crippen molar-refractivity contribution in [2.24, 2.45) is 0 Å². The van der Waals surface area contributed by atoms with Gasteiger partial charge in [-0.2, -0.15) is 13.2 Å². The summed E-state index contributed by atoms with van der Waals surface area (Å²) in [7, 11) is -2.19. The number of carbonyl (C=O) groups is 1. The van der Waals surface area contributed by atoms with E-state index in [-0.39, 0.29) is 11.9 Å². The standard InChI is InChI=1S/C23H23F3N2O3S/c1-14(2)27-22(29)16-7-10-19-18(15-5-8-17(9-6-15)23(24,25)26)11-12-21(20(19)13-16)28(3)32(4,30)31/h5-14H,1-4H3,(H,27,29). The fraction of sp³-hybridized carbons (Fsp3) is 0.261. The van der Waals surface area contributed by atoms with E-state index in [4.69, 9.17) is 0 Å². The number of fused-ring (bicyclic) bond motifs is 1. The van der Waals surface area contributed by atoms with Crippen molar-refractivity contribution in [1.29, 1.82) is 0 Å². The molecule has 3 rings (SSSR count). The summed E-state index contributed by atoms with van der Waals surface area (Å²) in [4.78, 5) is 12.5. The molecule has 0 aromatic heterocycles.